The summed E-state index contributed by atoms with van der Waals surface area (Å²) in [7, 11) is 0. The van der Waals surface area contributed by atoms with Gasteiger partial charge in [-0.15, -0.1) is 11.6 Å². The van der Waals surface area contributed by atoms with E-state index in [0.717, 1.165) is 12.0 Å². The molecule has 1 aromatic carbocycles. The highest BCUT2D eigenvalue weighted by Gasteiger charge is 2.35. The zero-order chi connectivity index (χ0) is 11.6. The van der Waals surface area contributed by atoms with Crippen LogP contribution in [-0.4, -0.2) is 5.38 Å². The Hall–Kier alpha value is -0.560. The van der Waals surface area contributed by atoms with Crippen molar-refractivity contribution in [2.75, 3.05) is 0 Å². The summed E-state index contributed by atoms with van der Waals surface area (Å²) in [5.41, 5.74) is 1.25. The third-order valence-corrected chi connectivity index (χ3v) is 4.49. The molecule has 0 saturated heterocycles. The molecule has 1 fully saturated rings. The van der Waals surface area contributed by atoms with Crippen LogP contribution in [-0.2, 0) is 6.42 Å². The third kappa shape index (κ3) is 2.57. The largest absolute Gasteiger partial charge is 0.207 e. The second-order valence-electron chi connectivity index (χ2n) is 5.16. The zero-order valence-corrected chi connectivity index (χ0v) is 10.4. The Balaban J connectivity index is 2.04. The molecule has 2 rings (SSSR count). The fraction of sp³-hybridized carbons (Fsp3) is 0.571. The minimum Gasteiger partial charge on any atom is -0.207 e. The van der Waals surface area contributed by atoms with Crippen LogP contribution >= 0.6 is 11.6 Å². The highest BCUT2D eigenvalue weighted by molar-refractivity contribution is 6.21. The van der Waals surface area contributed by atoms with Crippen LogP contribution in [0.15, 0.2) is 24.3 Å². The Morgan fingerprint density at radius 3 is 2.69 bits per heavy atom. The van der Waals surface area contributed by atoms with Gasteiger partial charge in [-0.05, 0) is 42.4 Å². The molecule has 16 heavy (non-hydrogen) atoms. The predicted molar refractivity (Wildman–Crippen MR) is 66.3 cm³/mol. The molecule has 88 valence electrons. The molecule has 0 radical (unpaired) electrons. The smallest absolute Gasteiger partial charge is 0.123 e. The molecular formula is C14H18ClF. The van der Waals surface area contributed by atoms with E-state index in [1.165, 1.54) is 31.7 Å². The number of benzene rings is 1. The first-order valence-electron chi connectivity index (χ1n) is 5.99. The highest BCUT2D eigenvalue weighted by atomic mass is 35.5. The maximum Gasteiger partial charge on any atom is 0.123 e. The van der Waals surface area contributed by atoms with E-state index in [9.17, 15) is 4.39 Å². The average molecular weight is 241 g/mol. The van der Waals surface area contributed by atoms with Crippen LogP contribution in [0.3, 0.4) is 0 Å². The minimum absolute atomic E-state index is 0.122. The van der Waals surface area contributed by atoms with Crippen LogP contribution in [0.2, 0.25) is 0 Å². The first-order chi connectivity index (χ1) is 7.60. The van der Waals surface area contributed by atoms with E-state index in [2.05, 4.69) is 6.92 Å². The molecule has 1 atom stereocenters. The van der Waals surface area contributed by atoms with Gasteiger partial charge in [0.15, 0.2) is 0 Å². The van der Waals surface area contributed by atoms with Crippen molar-refractivity contribution in [3.8, 4) is 0 Å². The van der Waals surface area contributed by atoms with Crippen LogP contribution in [0.1, 0.15) is 38.2 Å². The summed E-state index contributed by atoms with van der Waals surface area (Å²) in [6.45, 7) is 2.26. The summed E-state index contributed by atoms with van der Waals surface area (Å²) in [6, 6.07) is 6.78. The van der Waals surface area contributed by atoms with Gasteiger partial charge in [0.05, 0.1) is 0 Å². The SMILES string of the molecule is CC1(C(Cl)Cc2cccc(F)c2)CCCC1. The van der Waals surface area contributed by atoms with Crippen molar-refractivity contribution in [2.24, 2.45) is 5.41 Å². The van der Waals surface area contributed by atoms with Crippen LogP contribution in [0.4, 0.5) is 4.39 Å². The van der Waals surface area contributed by atoms with Gasteiger partial charge < -0.3 is 0 Å². The van der Waals surface area contributed by atoms with Gasteiger partial charge in [-0.2, -0.15) is 0 Å². The topological polar surface area (TPSA) is 0 Å². The lowest BCUT2D eigenvalue weighted by Gasteiger charge is -2.29. The zero-order valence-electron chi connectivity index (χ0n) is 9.68. The minimum atomic E-state index is -0.169. The lowest BCUT2D eigenvalue weighted by atomic mass is 9.82. The van der Waals surface area contributed by atoms with E-state index in [1.807, 2.05) is 6.07 Å². The normalized spacial score (nSPS) is 20.9. The van der Waals surface area contributed by atoms with E-state index in [0.29, 0.717) is 0 Å². The van der Waals surface area contributed by atoms with Gasteiger partial charge >= 0.3 is 0 Å². The monoisotopic (exact) mass is 240 g/mol. The summed E-state index contributed by atoms with van der Waals surface area (Å²) in [5.74, 6) is -0.169. The summed E-state index contributed by atoms with van der Waals surface area (Å²) in [4.78, 5) is 0. The molecule has 0 bridgehead atoms. The molecule has 1 saturated carbocycles. The number of hydrogen-bond donors (Lipinski definition) is 0. The molecule has 0 amide bonds. The molecule has 0 nitrogen and oxygen atoms in total. The summed E-state index contributed by atoms with van der Waals surface area (Å²) in [6.07, 6.45) is 5.74. The Morgan fingerprint density at radius 1 is 1.38 bits per heavy atom. The number of hydrogen-bond acceptors (Lipinski definition) is 0. The van der Waals surface area contributed by atoms with Gasteiger partial charge in [-0.25, -0.2) is 4.39 Å². The Bertz CT molecular complexity index is 356. The van der Waals surface area contributed by atoms with Crippen LogP contribution in [0.5, 0.6) is 0 Å². The van der Waals surface area contributed by atoms with Gasteiger partial charge in [0.25, 0.3) is 0 Å². The number of alkyl halides is 1. The van der Waals surface area contributed by atoms with Crippen molar-refractivity contribution in [1.82, 2.24) is 0 Å². The van der Waals surface area contributed by atoms with Gasteiger partial charge in [0.1, 0.15) is 5.82 Å². The first-order valence-corrected chi connectivity index (χ1v) is 6.42. The predicted octanol–water partition coefficient (Wildman–Crippen LogP) is 4.56. The van der Waals surface area contributed by atoms with Gasteiger partial charge in [-0.1, -0.05) is 31.9 Å². The summed E-state index contributed by atoms with van der Waals surface area (Å²) < 4.78 is 13.0. The maximum absolute atomic E-state index is 13.0. The summed E-state index contributed by atoms with van der Waals surface area (Å²) in [5, 5.41) is 0.122. The Morgan fingerprint density at radius 2 is 2.06 bits per heavy atom. The maximum atomic E-state index is 13.0. The fourth-order valence-electron chi connectivity index (χ4n) is 2.61. The van der Waals surface area contributed by atoms with E-state index in [4.69, 9.17) is 11.6 Å². The molecule has 0 aliphatic heterocycles. The molecule has 0 aromatic heterocycles. The summed E-state index contributed by atoms with van der Waals surface area (Å²) >= 11 is 6.49. The molecule has 1 unspecified atom stereocenters. The standard InChI is InChI=1S/C14H18ClF/c1-14(7-2-3-8-14)13(15)10-11-5-4-6-12(16)9-11/h4-6,9,13H,2-3,7-8,10H2,1H3. The molecule has 0 heterocycles. The molecule has 0 N–H and O–H groups in total. The van der Waals surface area contributed by atoms with E-state index >= 15 is 0 Å². The molecule has 2 heteroatoms. The molecule has 1 aromatic rings. The second kappa shape index (κ2) is 4.75. The van der Waals surface area contributed by atoms with Crippen LogP contribution in [0.25, 0.3) is 0 Å². The van der Waals surface area contributed by atoms with E-state index < -0.39 is 0 Å². The molecule has 1 aliphatic rings. The molecular weight excluding hydrogens is 223 g/mol. The van der Waals surface area contributed by atoms with Crippen molar-refractivity contribution in [3.63, 3.8) is 0 Å². The van der Waals surface area contributed by atoms with Crippen molar-refractivity contribution in [1.29, 1.82) is 0 Å². The highest BCUT2D eigenvalue weighted by Crippen LogP contribution is 2.43. The fourth-order valence-corrected chi connectivity index (χ4v) is 3.01. The van der Waals surface area contributed by atoms with Crippen LogP contribution < -0.4 is 0 Å². The second-order valence-corrected chi connectivity index (χ2v) is 5.69. The lowest BCUT2D eigenvalue weighted by Crippen LogP contribution is -2.26. The van der Waals surface area contributed by atoms with Crippen LogP contribution in [0, 0.1) is 11.2 Å². The molecule has 0 spiro atoms. The average Bonchev–Trinajstić information content (AvgIpc) is 2.66. The van der Waals surface area contributed by atoms with Crippen molar-refractivity contribution in [3.05, 3.63) is 35.6 Å². The number of halogens is 2. The van der Waals surface area contributed by atoms with E-state index in [-0.39, 0.29) is 16.6 Å². The van der Waals surface area contributed by atoms with Gasteiger partial charge in [-0.3, -0.25) is 0 Å². The molecule has 1 aliphatic carbocycles. The lowest BCUT2D eigenvalue weighted by molar-refractivity contribution is 0.316. The van der Waals surface area contributed by atoms with Gasteiger partial charge in [0.2, 0.25) is 0 Å². The van der Waals surface area contributed by atoms with Crippen molar-refractivity contribution < 1.29 is 4.39 Å². The van der Waals surface area contributed by atoms with Gasteiger partial charge in [0, 0.05) is 5.38 Å². The third-order valence-electron chi connectivity index (χ3n) is 3.81. The Labute approximate surface area is 102 Å². The number of rotatable bonds is 3. The Kier molecular flexibility index (Phi) is 3.53. The van der Waals surface area contributed by atoms with Crippen molar-refractivity contribution >= 4 is 11.6 Å². The first kappa shape index (κ1) is 11.9. The van der Waals surface area contributed by atoms with Crippen molar-refractivity contribution in [2.45, 2.75) is 44.4 Å². The quantitative estimate of drug-likeness (QED) is 0.680. The van der Waals surface area contributed by atoms with E-state index in [1.54, 1.807) is 12.1 Å².